The van der Waals surface area contributed by atoms with Crippen molar-refractivity contribution < 1.29 is 23.0 Å². The Balaban J connectivity index is 1.66. The highest BCUT2D eigenvalue weighted by Crippen LogP contribution is 2.31. The minimum atomic E-state index is -4.33. The number of pyridine rings is 1. The van der Waals surface area contributed by atoms with Gasteiger partial charge in [-0.2, -0.15) is 23.1 Å². The molecule has 1 aliphatic rings. The number of alkyl halides is 3. The predicted molar refractivity (Wildman–Crippen MR) is 75.9 cm³/mol. The van der Waals surface area contributed by atoms with Gasteiger partial charge < -0.3 is 9.84 Å². The van der Waals surface area contributed by atoms with E-state index in [2.05, 4.69) is 15.0 Å². The summed E-state index contributed by atoms with van der Waals surface area (Å²) in [4.78, 5) is 11.8. The van der Waals surface area contributed by atoms with Crippen LogP contribution in [0.4, 0.5) is 13.2 Å². The summed E-state index contributed by atoms with van der Waals surface area (Å²) in [7, 11) is 0. The summed E-state index contributed by atoms with van der Waals surface area (Å²) >= 11 is 0. The maximum atomic E-state index is 12.5. The molecule has 1 N–H and O–H groups in total. The number of fused-ring (bicyclic) bond motifs is 1. The number of aromatic hydroxyl groups is 1. The van der Waals surface area contributed by atoms with Gasteiger partial charge in [0.1, 0.15) is 0 Å². The van der Waals surface area contributed by atoms with E-state index in [0.29, 0.717) is 10.9 Å². The largest absolute Gasteiger partial charge is 0.493 e. The molecule has 0 spiro atoms. The number of halogens is 3. The molecule has 0 fully saturated rings. The van der Waals surface area contributed by atoms with E-state index in [1.54, 1.807) is 6.07 Å². The molecule has 23 heavy (non-hydrogen) atoms. The van der Waals surface area contributed by atoms with Gasteiger partial charge in [-0.1, -0.05) is 18.2 Å². The highest BCUT2D eigenvalue weighted by molar-refractivity contribution is 5.82. The second kappa shape index (κ2) is 5.86. The molecule has 0 amide bonds. The van der Waals surface area contributed by atoms with Crippen molar-refractivity contribution in [2.45, 2.75) is 12.6 Å². The fourth-order valence-electron chi connectivity index (χ4n) is 2.19. The lowest BCUT2D eigenvalue weighted by Gasteiger charge is -2.17. The standard InChI is InChI=1S/C15H12F3N3O2/c16-15(17,18)10-3-1-9(2-4-10)8-23-14-20-12-7-19-6-5-11(12)13(22)21-14/h1,3-7,9H,2,8H2,(H,20,21,22). The molecule has 2 aromatic rings. The van der Waals surface area contributed by atoms with Crippen molar-refractivity contribution in [1.82, 2.24) is 15.0 Å². The van der Waals surface area contributed by atoms with Gasteiger partial charge in [-0.25, -0.2) is 0 Å². The van der Waals surface area contributed by atoms with Gasteiger partial charge in [-0.05, 0) is 12.5 Å². The predicted octanol–water partition coefficient (Wildman–Crippen LogP) is 3.17. The number of allylic oxidation sites excluding steroid dienone is 3. The Morgan fingerprint density at radius 3 is 2.83 bits per heavy atom. The van der Waals surface area contributed by atoms with Gasteiger partial charge in [0.05, 0.1) is 29.3 Å². The number of hydrogen-bond acceptors (Lipinski definition) is 5. The third-order valence-corrected chi connectivity index (χ3v) is 3.40. The van der Waals surface area contributed by atoms with E-state index in [9.17, 15) is 18.3 Å². The Bertz CT molecular complexity index is 787. The first-order valence-corrected chi connectivity index (χ1v) is 6.82. The molecule has 0 radical (unpaired) electrons. The quantitative estimate of drug-likeness (QED) is 0.939. The Labute approximate surface area is 129 Å². The zero-order valence-electron chi connectivity index (χ0n) is 11.8. The normalized spacial score (nSPS) is 18.0. The second-order valence-corrected chi connectivity index (χ2v) is 5.05. The summed E-state index contributed by atoms with van der Waals surface area (Å²) in [6.07, 6.45) is 2.48. The van der Waals surface area contributed by atoms with Crippen molar-refractivity contribution in [3.05, 3.63) is 42.3 Å². The highest BCUT2D eigenvalue weighted by Gasteiger charge is 2.33. The van der Waals surface area contributed by atoms with Crippen LogP contribution in [0.25, 0.3) is 10.9 Å². The topological polar surface area (TPSA) is 68.1 Å². The van der Waals surface area contributed by atoms with Crippen molar-refractivity contribution in [3.8, 4) is 11.9 Å². The Morgan fingerprint density at radius 1 is 1.30 bits per heavy atom. The molecule has 8 heteroatoms. The van der Waals surface area contributed by atoms with Crippen LogP contribution in [0.15, 0.2) is 42.3 Å². The molecule has 1 aliphatic carbocycles. The molecule has 5 nitrogen and oxygen atoms in total. The molecule has 2 heterocycles. The van der Waals surface area contributed by atoms with Crippen LogP contribution in [-0.2, 0) is 0 Å². The lowest BCUT2D eigenvalue weighted by molar-refractivity contribution is -0.0887. The lowest BCUT2D eigenvalue weighted by atomic mass is 9.97. The molecule has 0 bridgehead atoms. The number of nitrogens with zero attached hydrogens (tertiary/aromatic N) is 3. The number of aromatic nitrogens is 3. The Hall–Kier alpha value is -2.64. The third kappa shape index (κ3) is 3.41. The molecule has 3 rings (SSSR count). The first kappa shape index (κ1) is 15.3. The van der Waals surface area contributed by atoms with Crippen molar-refractivity contribution in [2.75, 3.05) is 6.61 Å². The van der Waals surface area contributed by atoms with Gasteiger partial charge in [0.2, 0.25) is 5.88 Å². The second-order valence-electron chi connectivity index (χ2n) is 5.05. The van der Waals surface area contributed by atoms with E-state index < -0.39 is 11.7 Å². The van der Waals surface area contributed by atoms with E-state index in [1.165, 1.54) is 18.5 Å². The van der Waals surface area contributed by atoms with Gasteiger partial charge in [0.25, 0.3) is 0 Å². The van der Waals surface area contributed by atoms with Gasteiger partial charge in [-0.3, -0.25) is 4.98 Å². The van der Waals surface area contributed by atoms with Gasteiger partial charge in [0.15, 0.2) is 0 Å². The lowest BCUT2D eigenvalue weighted by Crippen LogP contribution is -2.17. The minimum Gasteiger partial charge on any atom is -0.493 e. The zero-order chi connectivity index (χ0) is 16.4. The Kier molecular flexibility index (Phi) is 3.89. The van der Waals surface area contributed by atoms with Crippen LogP contribution in [0.1, 0.15) is 6.42 Å². The highest BCUT2D eigenvalue weighted by atomic mass is 19.4. The minimum absolute atomic E-state index is 0.0398. The summed E-state index contributed by atoms with van der Waals surface area (Å²) in [6, 6.07) is 1.53. The molecule has 0 aromatic carbocycles. The van der Waals surface area contributed by atoms with Crippen LogP contribution in [0, 0.1) is 5.92 Å². The van der Waals surface area contributed by atoms with Crippen molar-refractivity contribution in [3.63, 3.8) is 0 Å². The molecule has 0 aliphatic heterocycles. The molecule has 0 saturated heterocycles. The van der Waals surface area contributed by atoms with E-state index in [-0.39, 0.29) is 30.8 Å². The third-order valence-electron chi connectivity index (χ3n) is 3.40. The van der Waals surface area contributed by atoms with Crippen LogP contribution >= 0.6 is 0 Å². The first-order chi connectivity index (χ1) is 10.9. The maximum Gasteiger partial charge on any atom is 0.416 e. The first-order valence-electron chi connectivity index (χ1n) is 6.82. The molecular formula is C15H12F3N3O2. The summed E-state index contributed by atoms with van der Waals surface area (Å²) in [5.41, 5.74) is -0.229. The van der Waals surface area contributed by atoms with Crippen molar-refractivity contribution >= 4 is 10.9 Å². The van der Waals surface area contributed by atoms with Crippen molar-refractivity contribution in [1.29, 1.82) is 0 Å². The fraction of sp³-hybridized carbons (Fsp3) is 0.267. The van der Waals surface area contributed by atoms with Crippen LogP contribution in [-0.4, -0.2) is 32.8 Å². The summed E-state index contributed by atoms with van der Waals surface area (Å²) < 4.78 is 42.9. The smallest absolute Gasteiger partial charge is 0.416 e. The number of rotatable bonds is 3. The molecule has 2 aromatic heterocycles. The zero-order valence-corrected chi connectivity index (χ0v) is 11.8. The molecule has 120 valence electrons. The average Bonchev–Trinajstić information content (AvgIpc) is 2.52. The average molecular weight is 323 g/mol. The van der Waals surface area contributed by atoms with Crippen molar-refractivity contribution in [2.24, 2.45) is 5.92 Å². The van der Waals surface area contributed by atoms with Crippen LogP contribution < -0.4 is 4.74 Å². The Morgan fingerprint density at radius 2 is 2.13 bits per heavy atom. The van der Waals surface area contributed by atoms with Crippen LogP contribution in [0.5, 0.6) is 11.9 Å². The van der Waals surface area contributed by atoms with Gasteiger partial charge in [-0.15, -0.1) is 0 Å². The monoisotopic (exact) mass is 323 g/mol. The van der Waals surface area contributed by atoms with Gasteiger partial charge in [0, 0.05) is 12.1 Å². The van der Waals surface area contributed by atoms with E-state index in [4.69, 9.17) is 4.74 Å². The number of ether oxygens (including phenoxy) is 1. The molecule has 1 atom stereocenters. The van der Waals surface area contributed by atoms with Crippen LogP contribution in [0.3, 0.4) is 0 Å². The summed E-state index contributed by atoms with van der Waals surface area (Å²) in [6.45, 7) is 0.114. The molecule has 1 unspecified atom stereocenters. The maximum absolute atomic E-state index is 12.5. The van der Waals surface area contributed by atoms with E-state index in [0.717, 1.165) is 12.2 Å². The van der Waals surface area contributed by atoms with Crippen LogP contribution in [0.2, 0.25) is 0 Å². The fourth-order valence-corrected chi connectivity index (χ4v) is 2.19. The SMILES string of the molecule is Oc1nc(OCC2C=CC(C(F)(F)F)=CC2)nc2cnccc12. The molecular weight excluding hydrogens is 311 g/mol. The van der Waals surface area contributed by atoms with E-state index >= 15 is 0 Å². The molecule has 0 saturated carbocycles. The summed E-state index contributed by atoms with van der Waals surface area (Å²) in [5.74, 6) is -0.442. The van der Waals surface area contributed by atoms with E-state index in [1.807, 2.05) is 0 Å². The summed E-state index contributed by atoms with van der Waals surface area (Å²) in [5, 5.41) is 10.3. The number of hydrogen-bond donors (Lipinski definition) is 1. The van der Waals surface area contributed by atoms with Gasteiger partial charge >= 0.3 is 12.2 Å².